The fourth-order valence-electron chi connectivity index (χ4n) is 1.04. The normalized spacial score (nSPS) is 12.9. The van der Waals surface area contributed by atoms with Crippen LogP contribution in [-0.2, 0) is 0 Å². The topological polar surface area (TPSA) is 12.9 Å². The first-order valence-corrected chi connectivity index (χ1v) is 3.96. The molecule has 56 valence electrons. The second-order valence-electron chi connectivity index (χ2n) is 2.79. The number of rotatable bonds is 2. The molecule has 2 heteroatoms. The van der Waals surface area contributed by atoms with E-state index < -0.39 is 0 Å². The van der Waals surface area contributed by atoms with Crippen LogP contribution in [0, 0.1) is 0 Å². The molecule has 0 fully saturated rings. The first-order valence-electron chi connectivity index (χ1n) is 3.96. The zero-order chi connectivity index (χ0) is 8.27. The van der Waals surface area contributed by atoms with Crippen LogP contribution >= 0.6 is 0 Å². The van der Waals surface area contributed by atoms with Crippen LogP contribution in [0.25, 0.3) is 0 Å². The Hall–Kier alpha value is -0.785. The van der Waals surface area contributed by atoms with E-state index in [9.17, 15) is 0 Å². The first-order chi connectivity index (χ1) is 5.25. The van der Waals surface area contributed by atoms with Gasteiger partial charge in [0.25, 0.3) is 0 Å². The molecule has 1 atom stereocenters. The summed E-state index contributed by atoms with van der Waals surface area (Å²) in [6, 6.07) is 3.76. The molecule has 1 aromatic heterocycles. The maximum Gasteiger partial charge on any atom is 0.116 e. The molecule has 0 bridgehead atoms. The van der Waals surface area contributed by atoms with Crippen molar-refractivity contribution in [3.05, 3.63) is 24.0 Å². The first kappa shape index (κ1) is 8.31. The van der Waals surface area contributed by atoms with E-state index in [0.29, 0.717) is 5.92 Å². The highest BCUT2D eigenvalue weighted by atomic mass is 14.7. The molecule has 1 unspecified atom stereocenters. The lowest BCUT2D eigenvalue weighted by molar-refractivity contribution is 0.713. The van der Waals surface area contributed by atoms with Crippen molar-refractivity contribution in [1.82, 2.24) is 4.98 Å². The van der Waals surface area contributed by atoms with Crippen LogP contribution in [-0.4, -0.2) is 12.8 Å². The summed E-state index contributed by atoms with van der Waals surface area (Å²) < 4.78 is 0. The van der Waals surface area contributed by atoms with E-state index in [2.05, 4.69) is 18.8 Å². The fourth-order valence-corrected chi connectivity index (χ4v) is 1.04. The third kappa shape index (κ3) is 1.82. The van der Waals surface area contributed by atoms with Gasteiger partial charge in [-0.3, -0.25) is 4.98 Å². The van der Waals surface area contributed by atoms with Crippen LogP contribution in [0.15, 0.2) is 18.3 Å². The summed E-state index contributed by atoms with van der Waals surface area (Å²) in [5, 5.41) is 0. The van der Waals surface area contributed by atoms with Crippen LogP contribution in [0.1, 0.15) is 31.9 Å². The lowest BCUT2D eigenvalue weighted by Gasteiger charge is -2.10. The third-order valence-corrected chi connectivity index (χ3v) is 1.95. The Balaban J connectivity index is 2.93. The molecule has 0 aliphatic rings. The molecule has 1 aromatic rings. The van der Waals surface area contributed by atoms with Gasteiger partial charge in [0, 0.05) is 11.9 Å². The molecule has 0 amide bonds. The Kier molecular flexibility index (Phi) is 2.69. The standard InChI is InChI=1S/C9H12BN/c1-3-7(2)9-8(10)5-4-6-11-9/h4-7H,3H2,1-2H3. The summed E-state index contributed by atoms with van der Waals surface area (Å²) in [6.45, 7) is 4.28. The highest BCUT2D eigenvalue weighted by Crippen LogP contribution is 2.12. The fraction of sp³-hybridized carbons (Fsp3) is 0.444. The molecule has 2 radical (unpaired) electrons. The zero-order valence-corrected chi connectivity index (χ0v) is 7.04. The van der Waals surface area contributed by atoms with Gasteiger partial charge >= 0.3 is 0 Å². The van der Waals surface area contributed by atoms with Gasteiger partial charge in [0.15, 0.2) is 0 Å². The average molecular weight is 145 g/mol. The number of pyridine rings is 1. The molecular formula is C9H12BN. The van der Waals surface area contributed by atoms with E-state index in [0.717, 1.165) is 17.6 Å². The lowest BCUT2D eigenvalue weighted by Crippen LogP contribution is -2.14. The van der Waals surface area contributed by atoms with E-state index in [1.165, 1.54) is 0 Å². The molecule has 0 saturated heterocycles. The van der Waals surface area contributed by atoms with Crippen LogP contribution < -0.4 is 5.46 Å². The molecule has 1 rings (SSSR count). The maximum atomic E-state index is 5.73. The minimum atomic E-state index is 0.469. The third-order valence-electron chi connectivity index (χ3n) is 1.95. The predicted molar refractivity (Wildman–Crippen MR) is 48.3 cm³/mol. The van der Waals surface area contributed by atoms with Crippen molar-refractivity contribution >= 4 is 13.3 Å². The van der Waals surface area contributed by atoms with E-state index in [1.807, 2.05) is 12.1 Å². The highest BCUT2D eigenvalue weighted by Gasteiger charge is 2.05. The molecule has 0 aliphatic carbocycles. The number of hydrogen-bond acceptors (Lipinski definition) is 1. The minimum Gasteiger partial charge on any atom is -0.262 e. The Morgan fingerprint density at radius 1 is 1.64 bits per heavy atom. The van der Waals surface area contributed by atoms with E-state index >= 15 is 0 Å². The molecule has 0 aromatic carbocycles. The van der Waals surface area contributed by atoms with Gasteiger partial charge in [0.1, 0.15) is 7.85 Å². The molecule has 1 nitrogen and oxygen atoms in total. The van der Waals surface area contributed by atoms with Gasteiger partial charge in [-0.25, -0.2) is 0 Å². The number of nitrogens with zero attached hydrogens (tertiary/aromatic N) is 1. The van der Waals surface area contributed by atoms with Crippen LogP contribution in [0.2, 0.25) is 0 Å². The summed E-state index contributed by atoms with van der Waals surface area (Å²) in [6.07, 6.45) is 2.87. The summed E-state index contributed by atoms with van der Waals surface area (Å²) in [7, 11) is 5.73. The van der Waals surface area contributed by atoms with Crippen molar-refractivity contribution in [2.45, 2.75) is 26.2 Å². The Bertz CT molecular complexity index is 235. The van der Waals surface area contributed by atoms with Crippen LogP contribution in [0.3, 0.4) is 0 Å². The number of hydrogen-bond donors (Lipinski definition) is 0. The molecule has 11 heavy (non-hydrogen) atoms. The monoisotopic (exact) mass is 145 g/mol. The van der Waals surface area contributed by atoms with Gasteiger partial charge in [-0.05, 0) is 18.4 Å². The van der Waals surface area contributed by atoms with E-state index in [-0.39, 0.29) is 0 Å². The summed E-state index contributed by atoms with van der Waals surface area (Å²) in [5.74, 6) is 0.469. The Morgan fingerprint density at radius 2 is 2.36 bits per heavy atom. The van der Waals surface area contributed by atoms with Crippen molar-refractivity contribution < 1.29 is 0 Å². The molecular weight excluding hydrogens is 133 g/mol. The molecule has 0 spiro atoms. The summed E-state index contributed by atoms with van der Waals surface area (Å²) in [5.41, 5.74) is 1.83. The van der Waals surface area contributed by atoms with Crippen LogP contribution in [0.5, 0.6) is 0 Å². The zero-order valence-electron chi connectivity index (χ0n) is 7.04. The van der Waals surface area contributed by atoms with Crippen LogP contribution in [0.4, 0.5) is 0 Å². The van der Waals surface area contributed by atoms with Crippen molar-refractivity contribution in [3.63, 3.8) is 0 Å². The highest BCUT2D eigenvalue weighted by molar-refractivity contribution is 6.33. The van der Waals surface area contributed by atoms with Crippen molar-refractivity contribution in [2.75, 3.05) is 0 Å². The number of aromatic nitrogens is 1. The molecule has 0 saturated carbocycles. The molecule has 0 aliphatic heterocycles. The van der Waals surface area contributed by atoms with Crippen molar-refractivity contribution in [1.29, 1.82) is 0 Å². The van der Waals surface area contributed by atoms with Crippen molar-refractivity contribution in [3.8, 4) is 0 Å². The van der Waals surface area contributed by atoms with E-state index in [1.54, 1.807) is 6.20 Å². The molecule has 0 N–H and O–H groups in total. The second kappa shape index (κ2) is 3.56. The van der Waals surface area contributed by atoms with Gasteiger partial charge in [-0.2, -0.15) is 0 Å². The van der Waals surface area contributed by atoms with Gasteiger partial charge in [-0.15, -0.1) is 0 Å². The second-order valence-corrected chi connectivity index (χ2v) is 2.79. The van der Waals surface area contributed by atoms with Crippen molar-refractivity contribution in [2.24, 2.45) is 0 Å². The smallest absolute Gasteiger partial charge is 0.116 e. The predicted octanol–water partition coefficient (Wildman–Crippen LogP) is 1.39. The van der Waals surface area contributed by atoms with Gasteiger partial charge in [0.2, 0.25) is 0 Å². The van der Waals surface area contributed by atoms with Gasteiger partial charge < -0.3 is 0 Å². The SMILES string of the molecule is [B]c1cccnc1C(C)CC. The Morgan fingerprint density at radius 3 is 2.91 bits per heavy atom. The maximum absolute atomic E-state index is 5.73. The average Bonchev–Trinajstić information content (AvgIpc) is 2.04. The molecule has 1 heterocycles. The van der Waals surface area contributed by atoms with Gasteiger partial charge in [-0.1, -0.05) is 25.4 Å². The van der Waals surface area contributed by atoms with E-state index in [4.69, 9.17) is 7.85 Å². The van der Waals surface area contributed by atoms with Gasteiger partial charge in [0.05, 0.1) is 0 Å². The minimum absolute atomic E-state index is 0.469. The Labute approximate surface area is 69.3 Å². The summed E-state index contributed by atoms with van der Waals surface area (Å²) in [4.78, 5) is 4.22. The lowest BCUT2D eigenvalue weighted by atomic mass is 9.88. The largest absolute Gasteiger partial charge is 0.262 e. The quantitative estimate of drug-likeness (QED) is 0.573. The summed E-state index contributed by atoms with van der Waals surface area (Å²) >= 11 is 0.